The number of aromatic nitrogens is 1. The summed E-state index contributed by atoms with van der Waals surface area (Å²) < 4.78 is 1.17. The van der Waals surface area contributed by atoms with E-state index < -0.39 is 6.10 Å². The summed E-state index contributed by atoms with van der Waals surface area (Å²) in [5, 5.41) is 9.30. The standard InChI is InChI=1S/C9H9NOS/c1-6(11)7-2-3-9-8(4-7)10-5-12-9/h2-6,11H,1H3/t6-/m1/s1. The van der Waals surface area contributed by atoms with Gasteiger partial charge in [0.1, 0.15) is 0 Å². The molecule has 2 aromatic rings. The van der Waals surface area contributed by atoms with Crippen molar-refractivity contribution < 1.29 is 5.11 Å². The van der Waals surface area contributed by atoms with Crippen molar-refractivity contribution in [2.75, 3.05) is 0 Å². The fourth-order valence-corrected chi connectivity index (χ4v) is 1.79. The van der Waals surface area contributed by atoms with Crippen LogP contribution in [0.5, 0.6) is 0 Å². The van der Waals surface area contributed by atoms with Crippen LogP contribution in [0.25, 0.3) is 10.2 Å². The molecule has 62 valence electrons. The SMILES string of the molecule is C[C@@H](O)c1ccc2scnc2c1. The molecule has 0 aliphatic rings. The Balaban J connectivity index is 2.60. The van der Waals surface area contributed by atoms with Gasteiger partial charge in [-0.05, 0) is 24.6 Å². The molecule has 1 aromatic heterocycles. The van der Waals surface area contributed by atoms with Crippen molar-refractivity contribution in [2.24, 2.45) is 0 Å². The molecule has 0 radical (unpaired) electrons. The highest BCUT2D eigenvalue weighted by Crippen LogP contribution is 2.21. The number of hydrogen-bond acceptors (Lipinski definition) is 3. The number of nitrogens with zero attached hydrogens (tertiary/aromatic N) is 1. The topological polar surface area (TPSA) is 33.1 Å². The molecule has 0 saturated heterocycles. The van der Waals surface area contributed by atoms with Crippen LogP contribution < -0.4 is 0 Å². The van der Waals surface area contributed by atoms with E-state index in [1.54, 1.807) is 18.3 Å². The van der Waals surface area contributed by atoms with Crippen LogP contribution in [-0.4, -0.2) is 10.1 Å². The first-order valence-electron chi connectivity index (χ1n) is 3.78. The van der Waals surface area contributed by atoms with Crippen molar-refractivity contribution in [3.63, 3.8) is 0 Å². The van der Waals surface area contributed by atoms with Gasteiger partial charge in [0.25, 0.3) is 0 Å². The van der Waals surface area contributed by atoms with Crippen LogP contribution in [0.15, 0.2) is 23.7 Å². The smallest absolute Gasteiger partial charge is 0.0815 e. The quantitative estimate of drug-likeness (QED) is 0.729. The zero-order valence-corrected chi connectivity index (χ0v) is 7.51. The lowest BCUT2D eigenvalue weighted by Crippen LogP contribution is -1.89. The molecule has 0 spiro atoms. The van der Waals surface area contributed by atoms with Gasteiger partial charge in [-0.3, -0.25) is 0 Å². The second-order valence-corrected chi connectivity index (χ2v) is 3.64. The fourth-order valence-electron chi connectivity index (χ4n) is 1.13. The van der Waals surface area contributed by atoms with Gasteiger partial charge in [-0.25, -0.2) is 4.98 Å². The summed E-state index contributed by atoms with van der Waals surface area (Å²) in [6, 6.07) is 5.86. The molecule has 1 atom stereocenters. The molecule has 0 fully saturated rings. The molecule has 1 N–H and O–H groups in total. The Morgan fingerprint density at radius 3 is 3.08 bits per heavy atom. The predicted molar refractivity (Wildman–Crippen MR) is 50.3 cm³/mol. The normalized spacial score (nSPS) is 13.5. The molecule has 0 bridgehead atoms. The van der Waals surface area contributed by atoms with Crippen LogP contribution in [0.4, 0.5) is 0 Å². The summed E-state index contributed by atoms with van der Waals surface area (Å²) in [4.78, 5) is 4.17. The highest BCUT2D eigenvalue weighted by molar-refractivity contribution is 7.16. The van der Waals surface area contributed by atoms with Crippen LogP contribution in [0.2, 0.25) is 0 Å². The molecule has 3 heteroatoms. The Morgan fingerprint density at radius 2 is 2.33 bits per heavy atom. The lowest BCUT2D eigenvalue weighted by atomic mass is 10.1. The number of benzene rings is 1. The van der Waals surface area contributed by atoms with Crippen LogP contribution in [-0.2, 0) is 0 Å². The summed E-state index contributed by atoms with van der Waals surface area (Å²) in [6.45, 7) is 1.76. The first kappa shape index (κ1) is 7.71. The third kappa shape index (κ3) is 1.21. The lowest BCUT2D eigenvalue weighted by Gasteiger charge is -2.02. The van der Waals surface area contributed by atoms with E-state index in [-0.39, 0.29) is 0 Å². The zero-order valence-electron chi connectivity index (χ0n) is 6.69. The number of aliphatic hydroxyl groups excluding tert-OH is 1. The molecular formula is C9H9NOS. The van der Waals surface area contributed by atoms with Gasteiger partial charge < -0.3 is 5.11 Å². The molecule has 0 aliphatic heterocycles. The van der Waals surface area contributed by atoms with Crippen molar-refractivity contribution >= 4 is 21.6 Å². The van der Waals surface area contributed by atoms with Crippen LogP contribution in [0, 0.1) is 0 Å². The summed E-state index contributed by atoms with van der Waals surface area (Å²) >= 11 is 1.61. The number of aliphatic hydroxyl groups is 1. The first-order chi connectivity index (χ1) is 5.77. The monoisotopic (exact) mass is 179 g/mol. The van der Waals surface area contributed by atoms with E-state index in [1.165, 1.54) is 4.70 Å². The van der Waals surface area contributed by atoms with Gasteiger partial charge in [0, 0.05) is 0 Å². The summed E-state index contributed by atoms with van der Waals surface area (Å²) in [5.74, 6) is 0. The Hall–Kier alpha value is -0.930. The Labute approximate surface area is 74.5 Å². The largest absolute Gasteiger partial charge is 0.389 e. The number of fused-ring (bicyclic) bond motifs is 1. The van der Waals surface area contributed by atoms with Crippen molar-refractivity contribution in [3.8, 4) is 0 Å². The van der Waals surface area contributed by atoms with Crippen LogP contribution >= 0.6 is 11.3 Å². The van der Waals surface area contributed by atoms with Crippen molar-refractivity contribution in [2.45, 2.75) is 13.0 Å². The van der Waals surface area contributed by atoms with Gasteiger partial charge in [0.05, 0.1) is 21.8 Å². The molecule has 0 amide bonds. The average molecular weight is 179 g/mol. The summed E-state index contributed by atoms with van der Waals surface area (Å²) in [6.07, 6.45) is -0.406. The maximum Gasteiger partial charge on any atom is 0.0815 e. The minimum Gasteiger partial charge on any atom is -0.389 e. The minimum absolute atomic E-state index is 0.406. The molecule has 0 saturated carbocycles. The van der Waals surface area contributed by atoms with E-state index in [0.29, 0.717) is 0 Å². The third-order valence-corrected chi connectivity index (χ3v) is 2.65. The second kappa shape index (κ2) is 2.84. The van der Waals surface area contributed by atoms with Gasteiger partial charge in [0.2, 0.25) is 0 Å². The Bertz CT molecular complexity index is 394. The van der Waals surface area contributed by atoms with Crippen molar-refractivity contribution in [1.82, 2.24) is 4.98 Å². The molecule has 0 unspecified atom stereocenters. The van der Waals surface area contributed by atoms with Crippen LogP contribution in [0.3, 0.4) is 0 Å². The molecule has 12 heavy (non-hydrogen) atoms. The van der Waals surface area contributed by atoms with Gasteiger partial charge >= 0.3 is 0 Å². The van der Waals surface area contributed by atoms with Crippen LogP contribution in [0.1, 0.15) is 18.6 Å². The van der Waals surface area contributed by atoms with E-state index in [1.807, 2.05) is 23.7 Å². The van der Waals surface area contributed by atoms with E-state index in [0.717, 1.165) is 11.1 Å². The maximum absolute atomic E-state index is 9.30. The maximum atomic E-state index is 9.30. The van der Waals surface area contributed by atoms with Gasteiger partial charge in [-0.15, -0.1) is 11.3 Å². The number of hydrogen-bond donors (Lipinski definition) is 1. The lowest BCUT2D eigenvalue weighted by molar-refractivity contribution is 0.199. The minimum atomic E-state index is -0.406. The molecule has 0 aliphatic carbocycles. The Morgan fingerprint density at radius 1 is 1.50 bits per heavy atom. The van der Waals surface area contributed by atoms with Crippen molar-refractivity contribution in [3.05, 3.63) is 29.3 Å². The molecule has 1 heterocycles. The second-order valence-electron chi connectivity index (χ2n) is 2.76. The molecular weight excluding hydrogens is 170 g/mol. The summed E-state index contributed by atoms with van der Waals surface area (Å²) in [7, 11) is 0. The number of thiazole rings is 1. The fraction of sp³-hybridized carbons (Fsp3) is 0.222. The highest BCUT2D eigenvalue weighted by Gasteiger charge is 2.02. The molecule has 1 aromatic carbocycles. The molecule has 2 nitrogen and oxygen atoms in total. The molecule has 2 rings (SSSR count). The van der Waals surface area contributed by atoms with E-state index in [4.69, 9.17) is 0 Å². The van der Waals surface area contributed by atoms with Gasteiger partial charge in [-0.1, -0.05) is 6.07 Å². The zero-order chi connectivity index (χ0) is 8.55. The van der Waals surface area contributed by atoms with E-state index in [9.17, 15) is 5.11 Å². The van der Waals surface area contributed by atoms with Crippen molar-refractivity contribution in [1.29, 1.82) is 0 Å². The average Bonchev–Trinajstić information content (AvgIpc) is 2.49. The van der Waals surface area contributed by atoms with Gasteiger partial charge in [0.15, 0.2) is 0 Å². The van der Waals surface area contributed by atoms with Gasteiger partial charge in [-0.2, -0.15) is 0 Å². The van der Waals surface area contributed by atoms with E-state index >= 15 is 0 Å². The first-order valence-corrected chi connectivity index (χ1v) is 4.66. The highest BCUT2D eigenvalue weighted by atomic mass is 32.1. The third-order valence-electron chi connectivity index (χ3n) is 1.84. The summed E-state index contributed by atoms with van der Waals surface area (Å²) in [5.41, 5.74) is 3.71. The van der Waals surface area contributed by atoms with E-state index in [2.05, 4.69) is 4.98 Å². The predicted octanol–water partition coefficient (Wildman–Crippen LogP) is 2.35. The number of rotatable bonds is 1. The Kier molecular flexibility index (Phi) is 1.83.